The van der Waals surface area contributed by atoms with Crippen LogP contribution in [0.25, 0.3) is 0 Å². The van der Waals surface area contributed by atoms with Crippen molar-refractivity contribution in [2.24, 2.45) is 22.7 Å². The fraction of sp³-hybridized carbons (Fsp3) is 0.500. The number of para-hydroxylation sites is 1. The lowest BCUT2D eigenvalue weighted by Crippen LogP contribution is -2.41. The highest BCUT2D eigenvalue weighted by atomic mass is 16.5. The lowest BCUT2D eigenvalue weighted by atomic mass is 9.75. The van der Waals surface area contributed by atoms with E-state index in [0.29, 0.717) is 17.8 Å². The van der Waals surface area contributed by atoms with Crippen molar-refractivity contribution >= 4 is 17.5 Å². The summed E-state index contributed by atoms with van der Waals surface area (Å²) in [5.74, 6) is 2.11. The van der Waals surface area contributed by atoms with Crippen LogP contribution in [0.5, 0.6) is 0 Å². The van der Waals surface area contributed by atoms with Crippen LogP contribution in [0, 0.1) is 31.6 Å². The van der Waals surface area contributed by atoms with E-state index >= 15 is 0 Å². The summed E-state index contributed by atoms with van der Waals surface area (Å²) in [4.78, 5) is 19.9. The molecule has 0 aromatic heterocycles. The molecular weight excluding hydrogens is 396 g/mol. The summed E-state index contributed by atoms with van der Waals surface area (Å²) in [6, 6.07) is 16.4. The zero-order chi connectivity index (χ0) is 23.3. The van der Waals surface area contributed by atoms with Crippen molar-refractivity contribution in [2.75, 3.05) is 18.5 Å². The van der Waals surface area contributed by atoms with Crippen LogP contribution < -0.4 is 4.90 Å². The van der Waals surface area contributed by atoms with E-state index in [2.05, 4.69) is 69.9 Å². The van der Waals surface area contributed by atoms with Crippen molar-refractivity contribution in [2.45, 2.75) is 60.0 Å². The number of anilines is 1. The number of amidine groups is 1. The number of carbonyl (C=O) groups excluding carboxylic acids is 1. The molecule has 0 saturated heterocycles. The summed E-state index contributed by atoms with van der Waals surface area (Å²) >= 11 is 0. The van der Waals surface area contributed by atoms with E-state index < -0.39 is 0 Å². The molecule has 1 fully saturated rings. The van der Waals surface area contributed by atoms with Crippen molar-refractivity contribution in [3.8, 4) is 0 Å². The summed E-state index contributed by atoms with van der Waals surface area (Å²) in [7, 11) is 1.78. The second-order valence-corrected chi connectivity index (χ2v) is 9.64. The Morgan fingerprint density at radius 1 is 1.09 bits per heavy atom. The Morgan fingerprint density at radius 3 is 2.41 bits per heavy atom. The van der Waals surface area contributed by atoms with Crippen LogP contribution in [0.1, 0.15) is 56.7 Å². The number of nitrogens with zero attached hydrogens (tertiary/aromatic N) is 2. The number of hydrogen-bond acceptors (Lipinski definition) is 3. The van der Waals surface area contributed by atoms with Gasteiger partial charge in [-0.25, -0.2) is 0 Å². The first kappa shape index (κ1) is 24.0. The van der Waals surface area contributed by atoms with Crippen molar-refractivity contribution in [3.63, 3.8) is 0 Å². The second kappa shape index (κ2) is 10.8. The van der Waals surface area contributed by atoms with Gasteiger partial charge in [0, 0.05) is 18.3 Å². The standard InChI is InChI=1S/C28H38N2O2/c1-19(2)24-16-13-21(4)17-26(24)32-27(31)18-30(25-10-8-7-9-22(25)5)28(29-6)23-14-11-20(3)12-15-23/h7-12,14-15,19,21,24,26H,13,16-18H2,1-6H3/b29-28+/t21-,24+,26-/m1/s1. The molecule has 2 aromatic rings. The van der Waals surface area contributed by atoms with Crippen molar-refractivity contribution in [1.82, 2.24) is 0 Å². The molecule has 2 aromatic carbocycles. The van der Waals surface area contributed by atoms with E-state index in [1.807, 2.05) is 23.1 Å². The third-order valence-corrected chi connectivity index (χ3v) is 6.71. The fourth-order valence-corrected chi connectivity index (χ4v) is 4.83. The molecule has 0 unspecified atom stereocenters. The molecule has 0 N–H and O–H groups in total. The van der Waals surface area contributed by atoms with Gasteiger partial charge in [-0.2, -0.15) is 0 Å². The Balaban J connectivity index is 1.88. The number of hydrogen-bond donors (Lipinski definition) is 0. The van der Waals surface area contributed by atoms with Gasteiger partial charge in [0.1, 0.15) is 18.5 Å². The lowest BCUT2D eigenvalue weighted by molar-refractivity contribution is -0.154. The minimum Gasteiger partial charge on any atom is -0.461 e. The van der Waals surface area contributed by atoms with Crippen molar-refractivity contribution in [1.29, 1.82) is 0 Å². The molecule has 4 nitrogen and oxygen atoms in total. The zero-order valence-corrected chi connectivity index (χ0v) is 20.5. The number of benzene rings is 2. The van der Waals surface area contributed by atoms with Crippen molar-refractivity contribution in [3.05, 3.63) is 65.2 Å². The summed E-state index contributed by atoms with van der Waals surface area (Å²) in [5, 5.41) is 0. The molecule has 1 saturated carbocycles. The van der Waals surface area contributed by atoms with Crippen LogP contribution in [-0.4, -0.2) is 31.5 Å². The van der Waals surface area contributed by atoms with E-state index in [-0.39, 0.29) is 18.6 Å². The monoisotopic (exact) mass is 434 g/mol. The van der Waals surface area contributed by atoms with Gasteiger partial charge < -0.3 is 9.64 Å². The molecular formula is C28H38N2O2. The Morgan fingerprint density at radius 2 is 1.78 bits per heavy atom. The second-order valence-electron chi connectivity index (χ2n) is 9.64. The maximum absolute atomic E-state index is 13.3. The van der Waals surface area contributed by atoms with Gasteiger partial charge in [0.05, 0.1) is 0 Å². The molecule has 1 aliphatic carbocycles. The molecule has 3 rings (SSSR count). The van der Waals surface area contributed by atoms with Crippen LogP contribution in [0.4, 0.5) is 5.69 Å². The predicted molar refractivity (Wildman–Crippen MR) is 133 cm³/mol. The van der Waals surface area contributed by atoms with Crippen LogP contribution in [-0.2, 0) is 9.53 Å². The summed E-state index contributed by atoms with van der Waals surface area (Å²) in [5.41, 5.74) is 4.25. The number of aliphatic imine (C=N–C) groups is 1. The minimum absolute atomic E-state index is 0.00800. The van der Waals surface area contributed by atoms with Gasteiger partial charge in [0.25, 0.3) is 0 Å². The fourth-order valence-electron chi connectivity index (χ4n) is 4.83. The number of carbonyl (C=O) groups is 1. The van der Waals surface area contributed by atoms with Gasteiger partial charge >= 0.3 is 5.97 Å². The maximum Gasteiger partial charge on any atom is 0.326 e. The number of esters is 1. The maximum atomic E-state index is 13.3. The molecule has 0 bridgehead atoms. The molecule has 3 atom stereocenters. The summed E-state index contributed by atoms with van der Waals surface area (Å²) in [6.07, 6.45) is 3.28. The molecule has 32 heavy (non-hydrogen) atoms. The summed E-state index contributed by atoms with van der Waals surface area (Å²) < 4.78 is 6.14. The topological polar surface area (TPSA) is 41.9 Å². The van der Waals surface area contributed by atoms with Gasteiger partial charge in [-0.1, -0.05) is 75.2 Å². The molecule has 172 valence electrons. The van der Waals surface area contributed by atoms with Gasteiger partial charge in [0.2, 0.25) is 0 Å². The average Bonchev–Trinajstić information content (AvgIpc) is 2.75. The first-order chi connectivity index (χ1) is 15.3. The lowest BCUT2D eigenvalue weighted by Gasteiger charge is -2.37. The SMILES string of the molecule is C/N=C(\c1ccc(C)cc1)N(CC(=O)O[C@@H]1C[C@H](C)CC[C@H]1C(C)C)c1ccccc1C. The van der Waals surface area contributed by atoms with Gasteiger partial charge in [0.15, 0.2) is 0 Å². The highest BCUT2D eigenvalue weighted by molar-refractivity contribution is 6.12. The van der Waals surface area contributed by atoms with E-state index in [9.17, 15) is 4.79 Å². The first-order valence-electron chi connectivity index (χ1n) is 11.9. The molecule has 0 heterocycles. The zero-order valence-electron chi connectivity index (χ0n) is 20.5. The quantitative estimate of drug-likeness (QED) is 0.309. The number of aryl methyl sites for hydroxylation is 2. The van der Waals surface area contributed by atoms with Crippen LogP contribution in [0.15, 0.2) is 53.5 Å². The molecule has 0 aliphatic heterocycles. The van der Waals surface area contributed by atoms with Gasteiger partial charge in [-0.3, -0.25) is 9.79 Å². The minimum atomic E-state index is -0.189. The highest BCUT2D eigenvalue weighted by Gasteiger charge is 2.34. The number of ether oxygens (including phenoxy) is 1. The molecule has 0 amide bonds. The normalized spacial score (nSPS) is 21.5. The Labute approximate surface area is 193 Å². The van der Waals surface area contributed by atoms with E-state index in [1.165, 1.54) is 12.0 Å². The van der Waals surface area contributed by atoms with E-state index in [1.54, 1.807) is 7.05 Å². The van der Waals surface area contributed by atoms with Crippen LogP contribution >= 0.6 is 0 Å². The van der Waals surface area contributed by atoms with Gasteiger partial charge in [-0.15, -0.1) is 0 Å². The van der Waals surface area contributed by atoms with Crippen molar-refractivity contribution < 1.29 is 9.53 Å². The van der Waals surface area contributed by atoms with Crippen LogP contribution in [0.2, 0.25) is 0 Å². The van der Waals surface area contributed by atoms with Crippen LogP contribution in [0.3, 0.4) is 0 Å². The first-order valence-corrected chi connectivity index (χ1v) is 11.9. The molecule has 4 heteroatoms. The molecule has 0 radical (unpaired) electrons. The largest absolute Gasteiger partial charge is 0.461 e. The smallest absolute Gasteiger partial charge is 0.326 e. The van der Waals surface area contributed by atoms with Gasteiger partial charge in [-0.05, 0) is 56.1 Å². The average molecular weight is 435 g/mol. The van der Waals surface area contributed by atoms with E-state index in [0.717, 1.165) is 35.5 Å². The molecule has 1 aliphatic rings. The number of rotatable bonds is 6. The Bertz CT molecular complexity index is 933. The third-order valence-electron chi connectivity index (χ3n) is 6.71. The Hall–Kier alpha value is -2.62. The third kappa shape index (κ3) is 5.79. The molecule has 0 spiro atoms. The Kier molecular flexibility index (Phi) is 8.11. The van der Waals surface area contributed by atoms with E-state index in [4.69, 9.17) is 4.74 Å². The predicted octanol–water partition coefficient (Wildman–Crippen LogP) is 6.19. The highest BCUT2D eigenvalue weighted by Crippen LogP contribution is 2.35. The summed E-state index contributed by atoms with van der Waals surface area (Å²) in [6.45, 7) is 11.0.